The van der Waals surface area contributed by atoms with E-state index in [1.165, 1.54) is 6.07 Å². The van der Waals surface area contributed by atoms with Gasteiger partial charge in [-0.05, 0) is 32.0 Å². The lowest BCUT2D eigenvalue weighted by Crippen LogP contribution is -2.37. The highest BCUT2D eigenvalue weighted by atomic mass is 19.4. The molecule has 0 aromatic heterocycles. The molecule has 0 radical (unpaired) electrons. The fourth-order valence-corrected chi connectivity index (χ4v) is 2.17. The number of alkyl halides is 3. The normalized spacial score (nSPS) is 18.6. The average molecular weight is 272 g/mol. The Morgan fingerprint density at radius 1 is 1.32 bits per heavy atom. The van der Waals surface area contributed by atoms with Gasteiger partial charge < -0.3 is 10.2 Å². The molecule has 0 saturated carbocycles. The SMILES string of the molecule is CN1CC(C)(C)C(=O)Nc2ccc(C(F)(F)F)cc21. The van der Waals surface area contributed by atoms with Crippen LogP contribution in [-0.4, -0.2) is 19.5 Å². The maximum Gasteiger partial charge on any atom is 0.416 e. The summed E-state index contributed by atoms with van der Waals surface area (Å²) in [5, 5.41) is 2.67. The standard InChI is InChI=1S/C13H15F3N2O/c1-12(2)7-18(3)10-6-8(13(14,15)16)4-5-9(10)17-11(12)19/h4-6H,7H2,1-3H3,(H,17,19). The summed E-state index contributed by atoms with van der Waals surface area (Å²) < 4.78 is 38.1. The number of fused-ring (bicyclic) bond motifs is 1. The van der Waals surface area contributed by atoms with Crippen molar-refractivity contribution in [3.8, 4) is 0 Å². The van der Waals surface area contributed by atoms with E-state index >= 15 is 0 Å². The van der Waals surface area contributed by atoms with Crippen molar-refractivity contribution in [2.24, 2.45) is 5.41 Å². The molecule has 6 heteroatoms. The van der Waals surface area contributed by atoms with Crippen molar-refractivity contribution in [1.29, 1.82) is 0 Å². The van der Waals surface area contributed by atoms with E-state index < -0.39 is 17.2 Å². The molecule has 104 valence electrons. The first-order valence-corrected chi connectivity index (χ1v) is 5.85. The van der Waals surface area contributed by atoms with Crippen LogP contribution >= 0.6 is 0 Å². The highest BCUT2D eigenvalue weighted by Gasteiger charge is 2.36. The van der Waals surface area contributed by atoms with Gasteiger partial charge in [-0.3, -0.25) is 4.79 Å². The Morgan fingerprint density at radius 3 is 2.53 bits per heavy atom. The number of rotatable bonds is 0. The van der Waals surface area contributed by atoms with E-state index in [1.54, 1.807) is 25.8 Å². The van der Waals surface area contributed by atoms with Crippen molar-refractivity contribution >= 4 is 17.3 Å². The summed E-state index contributed by atoms with van der Waals surface area (Å²) in [7, 11) is 1.68. The molecule has 1 amide bonds. The highest BCUT2D eigenvalue weighted by Crippen LogP contribution is 2.38. The van der Waals surface area contributed by atoms with E-state index in [0.29, 0.717) is 17.9 Å². The van der Waals surface area contributed by atoms with Crippen molar-refractivity contribution < 1.29 is 18.0 Å². The zero-order valence-corrected chi connectivity index (χ0v) is 10.9. The second-order valence-corrected chi connectivity index (χ2v) is 5.42. The lowest BCUT2D eigenvalue weighted by molar-refractivity contribution is -0.137. The van der Waals surface area contributed by atoms with Crippen LogP contribution in [0.15, 0.2) is 18.2 Å². The van der Waals surface area contributed by atoms with Gasteiger partial charge in [-0.2, -0.15) is 13.2 Å². The van der Waals surface area contributed by atoms with Crippen LogP contribution in [0, 0.1) is 5.41 Å². The maximum absolute atomic E-state index is 12.7. The van der Waals surface area contributed by atoms with Crippen LogP contribution in [0.4, 0.5) is 24.5 Å². The third-order valence-corrected chi connectivity index (χ3v) is 3.23. The number of hydrogen-bond acceptors (Lipinski definition) is 2. The molecule has 0 unspecified atom stereocenters. The molecular formula is C13H15F3N2O. The molecule has 3 nitrogen and oxygen atoms in total. The van der Waals surface area contributed by atoms with Gasteiger partial charge in [0.15, 0.2) is 0 Å². The van der Waals surface area contributed by atoms with Gasteiger partial charge in [0, 0.05) is 13.6 Å². The minimum absolute atomic E-state index is 0.196. The Bertz CT molecular complexity index is 523. The summed E-state index contributed by atoms with van der Waals surface area (Å²) >= 11 is 0. The summed E-state index contributed by atoms with van der Waals surface area (Å²) in [4.78, 5) is 13.6. The van der Waals surface area contributed by atoms with Gasteiger partial charge in [0.25, 0.3) is 0 Å². The molecule has 1 aromatic rings. The Hall–Kier alpha value is -1.72. The third-order valence-electron chi connectivity index (χ3n) is 3.23. The van der Waals surface area contributed by atoms with Crippen LogP contribution in [0.2, 0.25) is 0 Å². The largest absolute Gasteiger partial charge is 0.416 e. The van der Waals surface area contributed by atoms with Gasteiger partial charge in [0.1, 0.15) is 0 Å². The van der Waals surface area contributed by atoms with E-state index in [9.17, 15) is 18.0 Å². The molecule has 1 aliphatic heterocycles. The Labute approximate surface area is 109 Å². The van der Waals surface area contributed by atoms with E-state index in [-0.39, 0.29) is 5.91 Å². The third kappa shape index (κ3) is 2.52. The fraction of sp³-hybridized carbons (Fsp3) is 0.462. The average Bonchev–Trinajstić information content (AvgIpc) is 2.34. The van der Waals surface area contributed by atoms with Crippen LogP contribution in [0.5, 0.6) is 0 Å². The Kier molecular flexibility index (Phi) is 2.99. The summed E-state index contributed by atoms with van der Waals surface area (Å²) in [6.07, 6.45) is -4.39. The maximum atomic E-state index is 12.7. The number of benzene rings is 1. The molecule has 19 heavy (non-hydrogen) atoms. The monoisotopic (exact) mass is 272 g/mol. The lowest BCUT2D eigenvalue weighted by atomic mass is 9.92. The predicted octanol–water partition coefficient (Wildman–Crippen LogP) is 3.12. The second-order valence-electron chi connectivity index (χ2n) is 5.42. The first-order chi connectivity index (χ1) is 8.61. The van der Waals surface area contributed by atoms with Crippen molar-refractivity contribution in [3.63, 3.8) is 0 Å². The number of amides is 1. The Balaban J connectivity index is 2.49. The number of carbonyl (C=O) groups excluding carboxylic acids is 1. The number of carbonyl (C=O) groups is 1. The first-order valence-electron chi connectivity index (χ1n) is 5.85. The van der Waals surface area contributed by atoms with Crippen LogP contribution < -0.4 is 10.2 Å². The molecule has 1 aliphatic rings. The first kappa shape index (κ1) is 13.7. The summed E-state index contributed by atoms with van der Waals surface area (Å²) in [6, 6.07) is 3.34. The minimum Gasteiger partial charge on any atom is -0.372 e. The van der Waals surface area contributed by atoms with Gasteiger partial charge in [0.05, 0.1) is 22.4 Å². The molecule has 0 saturated heterocycles. The number of anilines is 2. The number of hydrogen-bond donors (Lipinski definition) is 1. The van der Waals surface area contributed by atoms with Crippen molar-refractivity contribution in [2.45, 2.75) is 20.0 Å². The van der Waals surface area contributed by atoms with Gasteiger partial charge in [-0.25, -0.2) is 0 Å². The fourth-order valence-electron chi connectivity index (χ4n) is 2.17. The van der Waals surface area contributed by atoms with Crippen LogP contribution in [0.25, 0.3) is 0 Å². The zero-order valence-electron chi connectivity index (χ0n) is 10.9. The number of halogens is 3. The van der Waals surface area contributed by atoms with Crippen molar-refractivity contribution in [1.82, 2.24) is 0 Å². The summed E-state index contributed by atoms with van der Waals surface area (Å²) in [5.41, 5.74) is -0.585. The van der Waals surface area contributed by atoms with Crippen LogP contribution in [-0.2, 0) is 11.0 Å². The molecular weight excluding hydrogens is 257 g/mol. The molecule has 1 heterocycles. The molecule has 0 bridgehead atoms. The minimum atomic E-state index is -4.39. The molecule has 1 N–H and O–H groups in total. The van der Waals surface area contributed by atoms with Crippen LogP contribution in [0.1, 0.15) is 19.4 Å². The Morgan fingerprint density at radius 2 is 1.95 bits per heavy atom. The van der Waals surface area contributed by atoms with Gasteiger partial charge >= 0.3 is 6.18 Å². The highest BCUT2D eigenvalue weighted by molar-refractivity contribution is 5.99. The van der Waals surface area contributed by atoms with Crippen LogP contribution in [0.3, 0.4) is 0 Å². The topological polar surface area (TPSA) is 32.3 Å². The van der Waals surface area contributed by atoms with E-state index in [1.807, 2.05) is 0 Å². The van der Waals surface area contributed by atoms with Gasteiger partial charge in [0.2, 0.25) is 5.91 Å². The van der Waals surface area contributed by atoms with Crippen molar-refractivity contribution in [3.05, 3.63) is 23.8 Å². The molecule has 2 rings (SSSR count). The quantitative estimate of drug-likeness (QED) is 0.787. The molecule has 0 fully saturated rings. The molecule has 0 aliphatic carbocycles. The molecule has 1 aromatic carbocycles. The lowest BCUT2D eigenvalue weighted by Gasteiger charge is -2.26. The summed E-state index contributed by atoms with van der Waals surface area (Å²) in [6.45, 7) is 3.87. The van der Waals surface area contributed by atoms with Crippen molar-refractivity contribution in [2.75, 3.05) is 23.8 Å². The van der Waals surface area contributed by atoms with Gasteiger partial charge in [-0.1, -0.05) is 0 Å². The smallest absolute Gasteiger partial charge is 0.372 e. The zero-order chi connectivity index (χ0) is 14.4. The summed E-state index contributed by atoms with van der Waals surface area (Å²) in [5.74, 6) is -0.196. The van der Waals surface area contributed by atoms with E-state index in [4.69, 9.17) is 0 Å². The number of nitrogens with one attached hydrogen (secondary N) is 1. The molecule has 0 spiro atoms. The predicted molar refractivity (Wildman–Crippen MR) is 67.1 cm³/mol. The number of nitrogens with zero attached hydrogens (tertiary/aromatic N) is 1. The van der Waals surface area contributed by atoms with E-state index in [2.05, 4.69) is 5.32 Å². The molecule has 0 atom stereocenters. The van der Waals surface area contributed by atoms with E-state index in [0.717, 1.165) is 12.1 Å². The van der Waals surface area contributed by atoms with Gasteiger partial charge in [-0.15, -0.1) is 0 Å². The second kappa shape index (κ2) is 4.15.